The molecule has 1 aromatic rings. The molecule has 0 aliphatic rings. The number of hydrogen-bond donors (Lipinski definition) is 2. The Hall–Kier alpha value is -2.58. The van der Waals surface area contributed by atoms with Gasteiger partial charge in [-0.15, -0.1) is 0 Å². The minimum atomic E-state index is -1.18. The molecule has 130 valence electrons. The number of aliphatic hydroxyl groups excluding tert-OH is 2. The smallest absolute Gasteiger partial charge is 0.347 e. The van der Waals surface area contributed by atoms with Gasteiger partial charge in [0.1, 0.15) is 13.2 Å². The van der Waals surface area contributed by atoms with Crippen molar-refractivity contribution in [1.29, 1.82) is 0 Å². The number of carbonyl (C=O) groups is 4. The van der Waals surface area contributed by atoms with Crippen LogP contribution in [-0.4, -0.2) is 47.3 Å². The zero-order valence-electron chi connectivity index (χ0n) is 13.1. The first-order valence-corrected chi connectivity index (χ1v) is 7.28. The Labute approximate surface area is 138 Å². The average Bonchev–Trinajstić information content (AvgIpc) is 2.58. The van der Waals surface area contributed by atoms with Crippen molar-refractivity contribution in [3.63, 3.8) is 0 Å². The Morgan fingerprint density at radius 3 is 2.08 bits per heavy atom. The fourth-order valence-corrected chi connectivity index (χ4v) is 1.96. The van der Waals surface area contributed by atoms with Crippen molar-refractivity contribution in [2.24, 2.45) is 0 Å². The molecule has 0 heterocycles. The van der Waals surface area contributed by atoms with E-state index in [9.17, 15) is 19.2 Å². The van der Waals surface area contributed by atoms with Crippen molar-refractivity contribution < 1.29 is 38.9 Å². The summed E-state index contributed by atoms with van der Waals surface area (Å²) in [6.45, 7) is -0.0546. The molecule has 0 aliphatic carbocycles. The van der Waals surface area contributed by atoms with Crippen molar-refractivity contribution in [2.45, 2.75) is 26.2 Å². The van der Waals surface area contributed by atoms with E-state index < -0.39 is 37.1 Å². The van der Waals surface area contributed by atoms with Crippen LogP contribution in [0.4, 0.5) is 0 Å². The second-order valence-corrected chi connectivity index (χ2v) is 4.78. The molecule has 24 heavy (non-hydrogen) atoms. The fraction of sp³-hybridized carbons (Fsp3) is 0.375. The van der Waals surface area contributed by atoms with E-state index in [1.807, 2.05) is 6.92 Å². The number of hydrogen-bond acceptors (Lipinski definition) is 8. The lowest BCUT2D eigenvalue weighted by Crippen LogP contribution is -2.22. The maximum Gasteiger partial charge on any atom is 0.347 e. The van der Waals surface area contributed by atoms with Gasteiger partial charge in [-0.05, 0) is 24.5 Å². The molecule has 0 fully saturated rings. The van der Waals surface area contributed by atoms with Crippen molar-refractivity contribution in [3.05, 3.63) is 34.9 Å². The minimum absolute atomic E-state index is 0.205. The summed E-state index contributed by atoms with van der Waals surface area (Å²) >= 11 is 0. The van der Waals surface area contributed by atoms with Crippen LogP contribution >= 0.6 is 0 Å². The van der Waals surface area contributed by atoms with Crippen LogP contribution in [0.2, 0.25) is 0 Å². The molecule has 0 saturated heterocycles. The van der Waals surface area contributed by atoms with E-state index >= 15 is 0 Å². The Kier molecular flexibility index (Phi) is 7.73. The lowest BCUT2D eigenvalue weighted by molar-refractivity contribution is -0.142. The van der Waals surface area contributed by atoms with Gasteiger partial charge in [-0.1, -0.05) is 25.5 Å². The quantitative estimate of drug-likeness (QED) is 0.539. The third kappa shape index (κ3) is 5.25. The molecule has 8 nitrogen and oxygen atoms in total. The summed E-state index contributed by atoms with van der Waals surface area (Å²) in [4.78, 5) is 46.4. The molecule has 0 unspecified atom stereocenters. The zero-order chi connectivity index (χ0) is 18.1. The lowest BCUT2D eigenvalue weighted by atomic mass is 9.97. The normalized spacial score (nSPS) is 10.1. The first-order valence-electron chi connectivity index (χ1n) is 7.28. The molecular formula is C16H18O8. The van der Waals surface area contributed by atoms with E-state index in [0.29, 0.717) is 18.4 Å². The lowest BCUT2D eigenvalue weighted by Gasteiger charge is -2.12. The third-order valence-corrected chi connectivity index (χ3v) is 3.05. The molecule has 0 saturated carbocycles. The molecule has 0 atom stereocenters. The molecule has 0 amide bonds. The molecule has 8 heteroatoms. The van der Waals surface area contributed by atoms with Gasteiger partial charge >= 0.3 is 23.9 Å². The largest absolute Gasteiger partial charge is 0.388 e. The maximum atomic E-state index is 12.2. The van der Waals surface area contributed by atoms with Gasteiger partial charge < -0.3 is 19.7 Å². The summed E-state index contributed by atoms with van der Waals surface area (Å²) in [7, 11) is 0. The number of ether oxygens (including phenoxy) is 2. The highest BCUT2D eigenvalue weighted by molar-refractivity contribution is 6.08. The number of aliphatic hydroxyl groups is 2. The number of benzene rings is 1. The van der Waals surface area contributed by atoms with Gasteiger partial charge in [-0.2, -0.15) is 0 Å². The molecule has 0 spiro atoms. The molecular weight excluding hydrogens is 320 g/mol. The monoisotopic (exact) mass is 338 g/mol. The summed E-state index contributed by atoms with van der Waals surface area (Å²) in [5.74, 6) is -4.61. The molecule has 0 radical (unpaired) electrons. The van der Waals surface area contributed by atoms with Gasteiger partial charge in [0.05, 0.1) is 11.1 Å². The summed E-state index contributed by atoms with van der Waals surface area (Å²) in [6, 6.07) is 4.32. The van der Waals surface area contributed by atoms with E-state index in [1.54, 1.807) is 6.07 Å². The maximum absolute atomic E-state index is 12.2. The minimum Gasteiger partial charge on any atom is -0.388 e. The second kappa shape index (κ2) is 9.53. The number of rotatable bonds is 7. The number of esters is 4. The first-order chi connectivity index (χ1) is 11.4. The van der Waals surface area contributed by atoms with Crippen LogP contribution in [0, 0.1) is 0 Å². The van der Waals surface area contributed by atoms with E-state index in [2.05, 4.69) is 9.47 Å². The molecule has 0 aromatic heterocycles. The SMILES string of the molecule is CCCCc1cccc(C(=O)OC(=O)CO)c1C(=O)OC(=O)CO. The predicted octanol–water partition coefficient (Wildman–Crippen LogP) is 0.381. The number of carbonyl (C=O) groups excluding carboxylic acids is 4. The van der Waals surface area contributed by atoms with E-state index in [4.69, 9.17) is 10.2 Å². The molecule has 1 aromatic carbocycles. The predicted molar refractivity (Wildman–Crippen MR) is 80.1 cm³/mol. The highest BCUT2D eigenvalue weighted by atomic mass is 16.6. The van der Waals surface area contributed by atoms with E-state index in [0.717, 1.165) is 6.42 Å². The number of aryl methyl sites for hydroxylation is 1. The molecule has 0 aliphatic heterocycles. The van der Waals surface area contributed by atoms with Crippen LogP contribution in [-0.2, 0) is 25.5 Å². The van der Waals surface area contributed by atoms with Crippen LogP contribution < -0.4 is 0 Å². The number of unbranched alkanes of at least 4 members (excludes halogenated alkanes) is 1. The summed E-state index contributed by atoms with van der Waals surface area (Å²) in [5, 5.41) is 17.3. The molecule has 1 rings (SSSR count). The van der Waals surface area contributed by atoms with Gasteiger partial charge in [-0.3, -0.25) is 0 Å². The van der Waals surface area contributed by atoms with E-state index in [1.165, 1.54) is 12.1 Å². The highest BCUT2D eigenvalue weighted by Gasteiger charge is 2.25. The third-order valence-electron chi connectivity index (χ3n) is 3.05. The van der Waals surface area contributed by atoms with E-state index in [-0.39, 0.29) is 11.1 Å². The average molecular weight is 338 g/mol. The zero-order valence-corrected chi connectivity index (χ0v) is 13.1. The van der Waals surface area contributed by atoms with Crippen LogP contribution in [0.25, 0.3) is 0 Å². The summed E-state index contributed by atoms with van der Waals surface area (Å²) in [6.07, 6.45) is 1.97. The summed E-state index contributed by atoms with van der Waals surface area (Å²) in [5.41, 5.74) is -0.0249. The molecule has 0 bridgehead atoms. The highest BCUT2D eigenvalue weighted by Crippen LogP contribution is 2.20. The standard InChI is InChI=1S/C16H18O8/c1-2-3-5-10-6-4-7-11(15(21)23-12(19)8-17)14(10)16(22)24-13(20)9-18/h4,6-7,17-18H,2-3,5,8-9H2,1H3. The molecule has 2 N–H and O–H groups in total. The Morgan fingerprint density at radius 2 is 1.54 bits per heavy atom. The van der Waals surface area contributed by atoms with Crippen LogP contribution in [0.15, 0.2) is 18.2 Å². The van der Waals surface area contributed by atoms with Gasteiger partial charge in [0.2, 0.25) is 0 Å². The van der Waals surface area contributed by atoms with Gasteiger partial charge in [0, 0.05) is 0 Å². The Bertz CT molecular complexity index is 635. The Balaban J connectivity index is 3.26. The van der Waals surface area contributed by atoms with Crippen molar-refractivity contribution in [3.8, 4) is 0 Å². The van der Waals surface area contributed by atoms with Crippen LogP contribution in [0.3, 0.4) is 0 Å². The van der Waals surface area contributed by atoms with Gasteiger partial charge in [0.25, 0.3) is 0 Å². The van der Waals surface area contributed by atoms with Crippen molar-refractivity contribution in [1.82, 2.24) is 0 Å². The first kappa shape index (κ1) is 19.5. The summed E-state index contributed by atoms with van der Waals surface area (Å²) < 4.78 is 8.86. The van der Waals surface area contributed by atoms with Crippen LogP contribution in [0.1, 0.15) is 46.0 Å². The fourth-order valence-electron chi connectivity index (χ4n) is 1.96. The van der Waals surface area contributed by atoms with Crippen molar-refractivity contribution in [2.75, 3.05) is 13.2 Å². The Morgan fingerprint density at radius 1 is 0.958 bits per heavy atom. The van der Waals surface area contributed by atoms with Gasteiger partial charge in [0.15, 0.2) is 0 Å². The topological polar surface area (TPSA) is 127 Å². The van der Waals surface area contributed by atoms with Gasteiger partial charge in [-0.25, -0.2) is 19.2 Å². The van der Waals surface area contributed by atoms with Crippen LogP contribution in [0.5, 0.6) is 0 Å². The van der Waals surface area contributed by atoms with Crippen molar-refractivity contribution >= 4 is 23.9 Å². The second-order valence-electron chi connectivity index (χ2n) is 4.78.